The van der Waals surface area contributed by atoms with Gasteiger partial charge in [-0.1, -0.05) is 36.4 Å². The molecule has 0 aliphatic carbocycles. The minimum atomic E-state index is -0.380. The van der Waals surface area contributed by atoms with Crippen molar-refractivity contribution in [3.05, 3.63) is 71.8 Å². The zero-order chi connectivity index (χ0) is 22.1. The van der Waals surface area contributed by atoms with Crippen LogP contribution in [0.2, 0.25) is 0 Å². The van der Waals surface area contributed by atoms with Crippen molar-refractivity contribution in [1.82, 2.24) is 15.1 Å². The third kappa shape index (κ3) is 3.86. The quantitative estimate of drug-likeness (QED) is 0.626. The van der Waals surface area contributed by atoms with Gasteiger partial charge in [0.2, 0.25) is 11.8 Å². The maximum atomic E-state index is 13.8. The average Bonchev–Trinajstić information content (AvgIpc) is 2.82. The Balaban J connectivity index is 1.36. The van der Waals surface area contributed by atoms with Crippen LogP contribution in [0.5, 0.6) is 17.4 Å². The maximum Gasteiger partial charge on any atom is 0.234 e. The second-order valence-electron chi connectivity index (χ2n) is 8.40. The van der Waals surface area contributed by atoms with Gasteiger partial charge in [0.1, 0.15) is 17.6 Å². The van der Waals surface area contributed by atoms with Crippen LogP contribution < -0.4 is 14.4 Å². The molecule has 0 bridgehead atoms. The Hall–Kier alpha value is -3.61. The summed E-state index contributed by atoms with van der Waals surface area (Å²) in [5.74, 6) is 2.44. The molecular weight excluding hydrogens is 404 g/mol. The number of benzene rings is 2. The van der Waals surface area contributed by atoms with Gasteiger partial charge in [-0.15, -0.1) is 10.2 Å². The van der Waals surface area contributed by atoms with E-state index in [2.05, 4.69) is 10.2 Å². The first-order valence-corrected chi connectivity index (χ1v) is 10.9. The van der Waals surface area contributed by atoms with Gasteiger partial charge in [-0.2, -0.15) is 0 Å². The van der Waals surface area contributed by atoms with Crippen molar-refractivity contribution in [3.8, 4) is 17.4 Å². The molecule has 0 radical (unpaired) electrons. The highest BCUT2D eigenvalue weighted by Gasteiger charge is 2.37. The number of nitrogens with zero attached hydrogens (tertiary/aromatic N) is 4. The SMILES string of the molecule is CN(C)c1ccc(OC2CCCN(C(=O)C3c4ccccc4Oc4ccccc43)C2)nn1. The topological polar surface area (TPSA) is 67.8 Å². The molecule has 1 saturated heterocycles. The van der Waals surface area contributed by atoms with E-state index in [0.29, 0.717) is 19.0 Å². The van der Waals surface area contributed by atoms with Crippen molar-refractivity contribution in [2.24, 2.45) is 0 Å². The zero-order valence-electron chi connectivity index (χ0n) is 18.3. The normalized spacial score (nSPS) is 17.7. The molecule has 0 saturated carbocycles. The highest BCUT2D eigenvalue weighted by Crippen LogP contribution is 2.44. The van der Waals surface area contributed by atoms with E-state index >= 15 is 0 Å². The highest BCUT2D eigenvalue weighted by atomic mass is 16.5. The largest absolute Gasteiger partial charge is 0.471 e. The van der Waals surface area contributed by atoms with Crippen molar-refractivity contribution in [2.75, 3.05) is 32.1 Å². The van der Waals surface area contributed by atoms with Crippen molar-refractivity contribution in [3.63, 3.8) is 0 Å². The summed E-state index contributed by atoms with van der Waals surface area (Å²) in [6.45, 7) is 1.24. The lowest BCUT2D eigenvalue weighted by Crippen LogP contribution is -2.46. The molecule has 7 heteroatoms. The number of hydrogen-bond donors (Lipinski definition) is 0. The minimum absolute atomic E-state index is 0.0792. The number of aromatic nitrogens is 2. The third-order valence-corrected chi connectivity index (χ3v) is 5.99. The van der Waals surface area contributed by atoms with E-state index in [-0.39, 0.29) is 17.9 Å². The van der Waals surface area contributed by atoms with Crippen molar-refractivity contribution >= 4 is 11.7 Å². The zero-order valence-corrected chi connectivity index (χ0v) is 18.3. The van der Waals surface area contributed by atoms with E-state index in [9.17, 15) is 4.79 Å². The number of hydrogen-bond acceptors (Lipinski definition) is 6. The van der Waals surface area contributed by atoms with E-state index < -0.39 is 0 Å². The van der Waals surface area contributed by atoms with Crippen molar-refractivity contribution < 1.29 is 14.3 Å². The Morgan fingerprint density at radius 2 is 1.69 bits per heavy atom. The summed E-state index contributed by atoms with van der Waals surface area (Å²) in [4.78, 5) is 17.6. The van der Waals surface area contributed by atoms with E-state index in [4.69, 9.17) is 9.47 Å². The number of fused-ring (bicyclic) bond motifs is 2. The smallest absolute Gasteiger partial charge is 0.234 e. The lowest BCUT2D eigenvalue weighted by Gasteiger charge is -2.36. The van der Waals surface area contributed by atoms with E-state index in [0.717, 1.165) is 41.3 Å². The fourth-order valence-electron chi connectivity index (χ4n) is 4.38. The molecule has 3 aromatic rings. The van der Waals surface area contributed by atoms with Crippen LogP contribution in [0.4, 0.5) is 5.82 Å². The Bertz CT molecular complexity index is 1070. The van der Waals surface area contributed by atoms with Gasteiger partial charge in [0.05, 0.1) is 12.5 Å². The summed E-state index contributed by atoms with van der Waals surface area (Å²) in [5, 5.41) is 8.36. The predicted octanol–water partition coefficient (Wildman–Crippen LogP) is 3.85. The van der Waals surface area contributed by atoms with Gasteiger partial charge < -0.3 is 19.3 Å². The second kappa shape index (κ2) is 8.49. The monoisotopic (exact) mass is 430 g/mol. The van der Waals surface area contributed by atoms with Crippen LogP contribution >= 0.6 is 0 Å². The summed E-state index contributed by atoms with van der Waals surface area (Å²) in [5.41, 5.74) is 1.81. The molecule has 1 amide bonds. The number of rotatable bonds is 4. The van der Waals surface area contributed by atoms with E-state index in [1.807, 2.05) is 84.6 Å². The lowest BCUT2D eigenvalue weighted by molar-refractivity contribution is -0.134. The number of piperidine rings is 1. The summed E-state index contributed by atoms with van der Waals surface area (Å²) in [7, 11) is 3.84. The average molecular weight is 431 g/mol. The summed E-state index contributed by atoms with van der Waals surface area (Å²) in [6, 6.07) is 19.3. The van der Waals surface area contributed by atoms with Crippen LogP contribution in [0.3, 0.4) is 0 Å². The fraction of sp³-hybridized carbons (Fsp3) is 0.320. The number of anilines is 1. The van der Waals surface area contributed by atoms with Crippen LogP contribution in [-0.2, 0) is 4.79 Å². The Morgan fingerprint density at radius 1 is 1.00 bits per heavy atom. The van der Waals surface area contributed by atoms with E-state index in [1.54, 1.807) is 0 Å². The van der Waals surface area contributed by atoms with Crippen LogP contribution in [0.15, 0.2) is 60.7 Å². The molecular formula is C25H26N4O3. The molecule has 0 N–H and O–H groups in total. The molecule has 0 spiro atoms. The highest BCUT2D eigenvalue weighted by molar-refractivity contribution is 5.89. The number of likely N-dealkylation sites (tertiary alicyclic amines) is 1. The molecule has 7 nitrogen and oxygen atoms in total. The van der Waals surface area contributed by atoms with Crippen LogP contribution in [0.25, 0.3) is 0 Å². The summed E-state index contributed by atoms with van der Waals surface area (Å²) in [6.07, 6.45) is 1.64. The van der Waals surface area contributed by atoms with Crippen molar-refractivity contribution in [2.45, 2.75) is 24.9 Å². The molecule has 2 aliphatic rings. The Kier molecular flexibility index (Phi) is 5.39. The van der Waals surface area contributed by atoms with Gasteiger partial charge in [0.25, 0.3) is 0 Å². The Labute approximate surface area is 187 Å². The van der Waals surface area contributed by atoms with Crippen LogP contribution in [-0.4, -0.2) is 54.3 Å². The number of carbonyl (C=O) groups excluding carboxylic acids is 1. The molecule has 164 valence electrons. The van der Waals surface area contributed by atoms with Gasteiger partial charge in [0, 0.05) is 37.8 Å². The third-order valence-electron chi connectivity index (χ3n) is 5.99. The Morgan fingerprint density at radius 3 is 2.31 bits per heavy atom. The molecule has 32 heavy (non-hydrogen) atoms. The summed E-state index contributed by atoms with van der Waals surface area (Å²) < 4.78 is 12.1. The first-order valence-electron chi connectivity index (χ1n) is 10.9. The van der Waals surface area contributed by atoms with Gasteiger partial charge in [-0.05, 0) is 31.0 Å². The number of para-hydroxylation sites is 2. The number of amides is 1. The molecule has 1 atom stereocenters. The van der Waals surface area contributed by atoms with Crippen molar-refractivity contribution in [1.29, 1.82) is 0 Å². The van der Waals surface area contributed by atoms with E-state index in [1.165, 1.54) is 0 Å². The first-order chi connectivity index (χ1) is 15.6. The second-order valence-corrected chi connectivity index (χ2v) is 8.40. The molecule has 1 fully saturated rings. The fourth-order valence-corrected chi connectivity index (χ4v) is 4.38. The standard InChI is InChI=1S/C25H26N4O3/c1-28(2)22-13-14-23(27-26-22)31-17-8-7-15-29(16-17)25(30)24-18-9-3-5-11-20(18)32-21-12-6-4-10-19(21)24/h3-6,9-14,17,24H,7-8,15-16H2,1-2H3. The van der Waals surface area contributed by atoms with Gasteiger partial charge in [0.15, 0.2) is 5.82 Å². The first kappa shape index (κ1) is 20.3. The minimum Gasteiger partial charge on any atom is -0.471 e. The molecule has 2 aliphatic heterocycles. The summed E-state index contributed by atoms with van der Waals surface area (Å²) >= 11 is 0. The molecule has 2 aromatic carbocycles. The van der Waals surface area contributed by atoms with Gasteiger partial charge in [-0.3, -0.25) is 4.79 Å². The number of carbonyl (C=O) groups is 1. The molecule has 1 aromatic heterocycles. The molecule has 1 unspecified atom stereocenters. The van der Waals surface area contributed by atoms with Gasteiger partial charge >= 0.3 is 0 Å². The molecule has 3 heterocycles. The van der Waals surface area contributed by atoms with Crippen LogP contribution in [0.1, 0.15) is 29.9 Å². The number of ether oxygens (including phenoxy) is 2. The molecule has 5 rings (SSSR count). The predicted molar refractivity (Wildman–Crippen MR) is 121 cm³/mol. The van der Waals surface area contributed by atoms with Crippen LogP contribution in [0, 0.1) is 0 Å². The van der Waals surface area contributed by atoms with Gasteiger partial charge in [-0.25, -0.2) is 0 Å². The maximum absolute atomic E-state index is 13.8. The lowest BCUT2D eigenvalue weighted by atomic mass is 9.86.